The SMILES string of the molecule is FC(F)(F)c1cnc(Nc2ccc(N3CCOCC3)cc2)nc1NCCC1CCCCC1. The number of alkyl halides is 3. The van der Waals surface area contributed by atoms with E-state index < -0.39 is 11.7 Å². The Morgan fingerprint density at radius 2 is 1.75 bits per heavy atom. The van der Waals surface area contributed by atoms with Gasteiger partial charge in [-0.25, -0.2) is 4.98 Å². The summed E-state index contributed by atoms with van der Waals surface area (Å²) in [6.45, 7) is 3.56. The highest BCUT2D eigenvalue weighted by Gasteiger charge is 2.35. The highest BCUT2D eigenvalue weighted by Crippen LogP contribution is 2.34. The molecule has 1 saturated carbocycles. The molecular formula is C23H30F3N5O. The topological polar surface area (TPSA) is 62.3 Å². The molecule has 0 spiro atoms. The van der Waals surface area contributed by atoms with Crippen molar-refractivity contribution in [2.45, 2.75) is 44.7 Å². The van der Waals surface area contributed by atoms with Crippen LogP contribution in [0, 0.1) is 5.92 Å². The molecule has 6 nitrogen and oxygen atoms in total. The van der Waals surface area contributed by atoms with E-state index in [1.807, 2.05) is 24.3 Å². The van der Waals surface area contributed by atoms with Crippen LogP contribution in [0.4, 0.5) is 36.3 Å². The van der Waals surface area contributed by atoms with Gasteiger partial charge in [-0.15, -0.1) is 0 Å². The van der Waals surface area contributed by atoms with Gasteiger partial charge < -0.3 is 20.3 Å². The van der Waals surface area contributed by atoms with Gasteiger partial charge in [0.25, 0.3) is 0 Å². The molecule has 2 aliphatic rings. The maximum absolute atomic E-state index is 13.5. The van der Waals surface area contributed by atoms with E-state index in [-0.39, 0.29) is 11.8 Å². The zero-order chi connectivity index (χ0) is 22.4. The van der Waals surface area contributed by atoms with Crippen LogP contribution in [0.15, 0.2) is 30.5 Å². The molecule has 2 N–H and O–H groups in total. The van der Waals surface area contributed by atoms with Crippen molar-refractivity contribution in [2.75, 3.05) is 48.4 Å². The van der Waals surface area contributed by atoms with Crippen LogP contribution >= 0.6 is 0 Å². The van der Waals surface area contributed by atoms with Gasteiger partial charge in [-0.2, -0.15) is 18.2 Å². The number of nitrogens with one attached hydrogen (secondary N) is 2. The Hall–Kier alpha value is -2.55. The fourth-order valence-electron chi connectivity index (χ4n) is 4.36. The van der Waals surface area contributed by atoms with Crippen LogP contribution in [-0.4, -0.2) is 42.8 Å². The van der Waals surface area contributed by atoms with Gasteiger partial charge in [0.15, 0.2) is 0 Å². The van der Waals surface area contributed by atoms with Crippen LogP contribution in [0.25, 0.3) is 0 Å². The third kappa shape index (κ3) is 6.03. The van der Waals surface area contributed by atoms with E-state index >= 15 is 0 Å². The molecule has 0 atom stereocenters. The van der Waals surface area contributed by atoms with Crippen molar-refractivity contribution >= 4 is 23.1 Å². The number of rotatable bonds is 7. The molecule has 2 aromatic rings. The quantitative estimate of drug-likeness (QED) is 0.586. The molecule has 2 fully saturated rings. The largest absolute Gasteiger partial charge is 0.421 e. The summed E-state index contributed by atoms with van der Waals surface area (Å²) in [7, 11) is 0. The minimum Gasteiger partial charge on any atom is -0.378 e. The Bertz CT molecular complexity index is 863. The molecule has 0 bridgehead atoms. The Labute approximate surface area is 186 Å². The molecule has 174 valence electrons. The van der Waals surface area contributed by atoms with Gasteiger partial charge in [0.2, 0.25) is 5.95 Å². The number of benzene rings is 1. The lowest BCUT2D eigenvalue weighted by atomic mass is 9.87. The van der Waals surface area contributed by atoms with Gasteiger partial charge in [-0.05, 0) is 36.6 Å². The van der Waals surface area contributed by atoms with Crippen LogP contribution < -0.4 is 15.5 Å². The fraction of sp³-hybridized carbons (Fsp3) is 0.565. The number of hydrogen-bond acceptors (Lipinski definition) is 6. The molecule has 1 aromatic heterocycles. The molecule has 1 aromatic carbocycles. The van der Waals surface area contributed by atoms with E-state index in [0.717, 1.165) is 49.9 Å². The normalized spacial score (nSPS) is 17.9. The minimum atomic E-state index is -4.51. The molecule has 2 heterocycles. The van der Waals surface area contributed by atoms with Crippen LogP contribution in [0.1, 0.15) is 44.1 Å². The van der Waals surface area contributed by atoms with Crippen LogP contribution in [0.5, 0.6) is 0 Å². The fourth-order valence-corrected chi connectivity index (χ4v) is 4.36. The van der Waals surface area contributed by atoms with E-state index in [1.165, 1.54) is 19.3 Å². The number of anilines is 4. The summed E-state index contributed by atoms with van der Waals surface area (Å²) >= 11 is 0. The summed E-state index contributed by atoms with van der Waals surface area (Å²) in [6, 6.07) is 7.70. The molecule has 32 heavy (non-hydrogen) atoms. The first-order chi connectivity index (χ1) is 15.5. The van der Waals surface area contributed by atoms with Crippen LogP contribution in [0.3, 0.4) is 0 Å². The predicted octanol–water partition coefficient (Wildman–Crippen LogP) is 5.46. The van der Waals surface area contributed by atoms with Gasteiger partial charge in [-0.3, -0.25) is 0 Å². The lowest BCUT2D eigenvalue weighted by Gasteiger charge is -2.28. The molecule has 0 unspecified atom stereocenters. The Morgan fingerprint density at radius 1 is 1.03 bits per heavy atom. The summed E-state index contributed by atoms with van der Waals surface area (Å²) in [5.74, 6) is 0.544. The first-order valence-corrected chi connectivity index (χ1v) is 11.4. The van der Waals surface area contributed by atoms with Crippen molar-refractivity contribution in [1.29, 1.82) is 0 Å². The number of nitrogens with zero attached hydrogens (tertiary/aromatic N) is 3. The predicted molar refractivity (Wildman–Crippen MR) is 119 cm³/mol. The average molecular weight is 450 g/mol. The molecule has 1 aliphatic carbocycles. The summed E-state index contributed by atoms with van der Waals surface area (Å²) in [5.41, 5.74) is 0.960. The number of hydrogen-bond donors (Lipinski definition) is 2. The monoisotopic (exact) mass is 449 g/mol. The van der Waals surface area contributed by atoms with Crippen molar-refractivity contribution in [3.8, 4) is 0 Å². The zero-order valence-electron chi connectivity index (χ0n) is 18.1. The Balaban J connectivity index is 1.42. The van der Waals surface area contributed by atoms with E-state index in [1.54, 1.807) is 0 Å². The summed E-state index contributed by atoms with van der Waals surface area (Å²) in [4.78, 5) is 10.3. The first kappa shape index (κ1) is 22.6. The molecule has 1 saturated heterocycles. The van der Waals surface area contributed by atoms with Gasteiger partial charge in [-0.1, -0.05) is 32.1 Å². The van der Waals surface area contributed by atoms with Crippen molar-refractivity contribution in [3.05, 3.63) is 36.0 Å². The summed E-state index contributed by atoms with van der Waals surface area (Å²) < 4.78 is 45.7. The minimum absolute atomic E-state index is 0.136. The van der Waals surface area contributed by atoms with Crippen molar-refractivity contribution in [2.24, 2.45) is 5.92 Å². The lowest BCUT2D eigenvalue weighted by molar-refractivity contribution is -0.137. The van der Waals surface area contributed by atoms with Crippen molar-refractivity contribution in [1.82, 2.24) is 9.97 Å². The molecule has 0 radical (unpaired) electrons. The number of ether oxygens (including phenoxy) is 1. The number of morpholine rings is 1. The number of aromatic nitrogens is 2. The highest BCUT2D eigenvalue weighted by atomic mass is 19.4. The molecular weight excluding hydrogens is 419 g/mol. The standard InChI is InChI=1S/C23H30F3N5O/c24-23(25,26)20-16-28-22(30-21(20)27-11-10-17-4-2-1-3-5-17)29-18-6-8-19(9-7-18)31-12-14-32-15-13-31/h6-9,16-17H,1-5,10-15H2,(H2,27,28,29,30). The van der Waals surface area contributed by atoms with Gasteiger partial charge in [0.1, 0.15) is 11.4 Å². The second kappa shape index (κ2) is 10.4. The second-order valence-corrected chi connectivity index (χ2v) is 8.44. The van der Waals surface area contributed by atoms with E-state index in [4.69, 9.17) is 4.74 Å². The van der Waals surface area contributed by atoms with Crippen molar-refractivity contribution < 1.29 is 17.9 Å². The van der Waals surface area contributed by atoms with Gasteiger partial charge in [0.05, 0.1) is 13.2 Å². The molecule has 0 amide bonds. The van der Waals surface area contributed by atoms with E-state index in [2.05, 4.69) is 25.5 Å². The van der Waals surface area contributed by atoms with E-state index in [9.17, 15) is 13.2 Å². The van der Waals surface area contributed by atoms with Gasteiger partial charge >= 0.3 is 6.18 Å². The average Bonchev–Trinajstić information content (AvgIpc) is 2.80. The van der Waals surface area contributed by atoms with Crippen molar-refractivity contribution in [3.63, 3.8) is 0 Å². The molecule has 1 aliphatic heterocycles. The third-order valence-electron chi connectivity index (χ3n) is 6.16. The maximum atomic E-state index is 13.5. The second-order valence-electron chi connectivity index (χ2n) is 8.44. The van der Waals surface area contributed by atoms with Crippen LogP contribution in [0.2, 0.25) is 0 Å². The maximum Gasteiger partial charge on any atom is 0.421 e. The number of halogens is 3. The van der Waals surface area contributed by atoms with E-state index in [0.29, 0.717) is 25.7 Å². The Morgan fingerprint density at radius 3 is 2.44 bits per heavy atom. The molecule has 9 heteroatoms. The first-order valence-electron chi connectivity index (χ1n) is 11.4. The highest BCUT2D eigenvalue weighted by molar-refractivity contribution is 5.61. The third-order valence-corrected chi connectivity index (χ3v) is 6.16. The summed E-state index contributed by atoms with van der Waals surface area (Å²) in [6.07, 6.45) is 3.19. The molecule has 4 rings (SSSR count). The Kier molecular flexibility index (Phi) is 7.34. The van der Waals surface area contributed by atoms with Crippen LogP contribution in [-0.2, 0) is 10.9 Å². The zero-order valence-corrected chi connectivity index (χ0v) is 18.1. The smallest absolute Gasteiger partial charge is 0.378 e. The lowest BCUT2D eigenvalue weighted by Crippen LogP contribution is -2.36. The van der Waals surface area contributed by atoms with Gasteiger partial charge in [0, 0.05) is 37.2 Å². The summed E-state index contributed by atoms with van der Waals surface area (Å²) in [5, 5.41) is 5.94.